The van der Waals surface area contributed by atoms with Crippen LogP contribution >= 0.6 is 0 Å². The maximum atomic E-state index is 10.2. The number of nitrogen functional groups attached to an aromatic ring is 1. The SMILES string of the molecule is C[C@@H]1OC(CO)CC1C#N.Nc1ccnc(=O)[nH]1. The number of nitriles is 1. The summed E-state index contributed by atoms with van der Waals surface area (Å²) in [6.45, 7) is 1.89. The van der Waals surface area contributed by atoms with Gasteiger partial charge < -0.3 is 15.6 Å². The molecule has 1 aromatic heterocycles. The molecule has 0 saturated carbocycles. The van der Waals surface area contributed by atoms with Gasteiger partial charge in [-0.15, -0.1) is 0 Å². The molecule has 1 saturated heterocycles. The molecule has 1 aromatic rings. The lowest BCUT2D eigenvalue weighted by Crippen LogP contribution is -2.12. The highest BCUT2D eigenvalue weighted by molar-refractivity contribution is 5.22. The standard InChI is InChI=1S/C7H11NO2.C4H5N3O/c1-5-6(3-8)2-7(4-9)10-5;5-3-1-2-6-4(8)7-3/h5-7,9H,2,4H2,1H3;1-2H,(H3,5,6,7,8)/t5-,6?,7?;/m0./s1. The summed E-state index contributed by atoms with van der Waals surface area (Å²) in [6.07, 6.45) is 1.91. The second-order valence-electron chi connectivity index (χ2n) is 3.95. The zero-order valence-corrected chi connectivity index (χ0v) is 10.0. The van der Waals surface area contributed by atoms with Crippen LogP contribution in [0, 0.1) is 17.2 Å². The van der Waals surface area contributed by atoms with E-state index in [1.54, 1.807) is 0 Å². The fourth-order valence-electron chi connectivity index (χ4n) is 1.59. The van der Waals surface area contributed by atoms with Crippen molar-refractivity contribution >= 4 is 5.82 Å². The van der Waals surface area contributed by atoms with E-state index in [1.165, 1.54) is 12.3 Å². The van der Waals surface area contributed by atoms with E-state index in [9.17, 15) is 4.79 Å². The van der Waals surface area contributed by atoms with E-state index in [0.29, 0.717) is 12.2 Å². The number of aromatic amines is 1. The van der Waals surface area contributed by atoms with Crippen LogP contribution in [0.3, 0.4) is 0 Å². The van der Waals surface area contributed by atoms with E-state index < -0.39 is 5.69 Å². The molecule has 2 heterocycles. The Kier molecular flexibility index (Phi) is 5.30. The van der Waals surface area contributed by atoms with E-state index in [2.05, 4.69) is 16.0 Å². The van der Waals surface area contributed by atoms with Crippen molar-refractivity contribution in [2.24, 2.45) is 5.92 Å². The number of nitrogens with two attached hydrogens (primary N) is 1. The van der Waals surface area contributed by atoms with Crippen molar-refractivity contribution in [3.8, 4) is 6.07 Å². The lowest BCUT2D eigenvalue weighted by molar-refractivity contribution is 0.0167. The Morgan fingerprint density at radius 1 is 1.78 bits per heavy atom. The van der Waals surface area contributed by atoms with Crippen LogP contribution in [0.5, 0.6) is 0 Å². The second kappa shape index (κ2) is 6.74. The molecule has 98 valence electrons. The van der Waals surface area contributed by atoms with E-state index in [1.807, 2.05) is 6.92 Å². The predicted molar refractivity (Wildman–Crippen MR) is 64.4 cm³/mol. The summed E-state index contributed by atoms with van der Waals surface area (Å²) < 4.78 is 5.24. The summed E-state index contributed by atoms with van der Waals surface area (Å²) in [4.78, 5) is 15.9. The van der Waals surface area contributed by atoms with Crippen molar-refractivity contribution in [2.45, 2.75) is 25.6 Å². The lowest BCUT2D eigenvalue weighted by atomic mass is 10.0. The summed E-state index contributed by atoms with van der Waals surface area (Å²) in [5, 5.41) is 17.2. The molecular formula is C11H16N4O3. The molecule has 7 nitrogen and oxygen atoms in total. The first kappa shape index (κ1) is 14.2. The highest BCUT2D eigenvalue weighted by Gasteiger charge is 2.31. The summed E-state index contributed by atoms with van der Waals surface area (Å²) in [5.74, 6) is 0.308. The monoisotopic (exact) mass is 252 g/mol. The van der Waals surface area contributed by atoms with Crippen LogP contribution in [0.4, 0.5) is 5.82 Å². The molecular weight excluding hydrogens is 236 g/mol. The van der Waals surface area contributed by atoms with E-state index >= 15 is 0 Å². The Labute approximate surface area is 104 Å². The minimum absolute atomic E-state index is 0.0119. The van der Waals surface area contributed by atoms with Crippen molar-refractivity contribution < 1.29 is 9.84 Å². The van der Waals surface area contributed by atoms with Gasteiger partial charge in [0.2, 0.25) is 0 Å². The number of aromatic nitrogens is 2. The maximum absolute atomic E-state index is 10.2. The summed E-state index contributed by atoms with van der Waals surface area (Å²) in [7, 11) is 0. The van der Waals surface area contributed by atoms with Crippen LogP contribution in [0.1, 0.15) is 13.3 Å². The Bertz CT molecular complexity index is 468. The number of H-pyrrole nitrogens is 1. The number of hydrogen-bond donors (Lipinski definition) is 3. The highest BCUT2D eigenvalue weighted by atomic mass is 16.5. The van der Waals surface area contributed by atoms with Crippen molar-refractivity contribution in [1.29, 1.82) is 5.26 Å². The number of aliphatic hydroxyl groups excluding tert-OH is 1. The molecule has 0 aliphatic carbocycles. The number of aliphatic hydroxyl groups is 1. The van der Waals surface area contributed by atoms with Gasteiger partial charge in [0.25, 0.3) is 0 Å². The Morgan fingerprint density at radius 2 is 2.50 bits per heavy atom. The van der Waals surface area contributed by atoms with Crippen LogP contribution in [0.25, 0.3) is 0 Å². The van der Waals surface area contributed by atoms with Gasteiger partial charge in [-0.2, -0.15) is 5.26 Å². The van der Waals surface area contributed by atoms with Gasteiger partial charge in [-0.25, -0.2) is 9.78 Å². The number of nitrogens with zero attached hydrogens (tertiary/aromatic N) is 2. The molecule has 2 unspecified atom stereocenters. The molecule has 0 amide bonds. The zero-order chi connectivity index (χ0) is 13.5. The third-order valence-electron chi connectivity index (χ3n) is 2.56. The number of hydrogen-bond acceptors (Lipinski definition) is 6. The van der Waals surface area contributed by atoms with Crippen LogP contribution in [-0.4, -0.2) is 33.9 Å². The molecule has 7 heteroatoms. The zero-order valence-electron chi connectivity index (χ0n) is 10.0. The van der Waals surface area contributed by atoms with Crippen molar-refractivity contribution in [3.05, 3.63) is 22.7 Å². The summed E-state index contributed by atoms with van der Waals surface area (Å²) in [6, 6.07) is 3.66. The van der Waals surface area contributed by atoms with E-state index in [4.69, 9.17) is 20.8 Å². The molecule has 1 aliphatic rings. The molecule has 0 spiro atoms. The van der Waals surface area contributed by atoms with Gasteiger partial charge in [0.15, 0.2) is 0 Å². The Morgan fingerprint density at radius 3 is 2.83 bits per heavy atom. The maximum Gasteiger partial charge on any atom is 0.346 e. The summed E-state index contributed by atoms with van der Waals surface area (Å²) in [5.41, 5.74) is 4.75. The van der Waals surface area contributed by atoms with Gasteiger partial charge in [-0.1, -0.05) is 0 Å². The normalized spacial score (nSPS) is 25.9. The van der Waals surface area contributed by atoms with Crippen LogP contribution in [0.2, 0.25) is 0 Å². The first-order chi connectivity index (χ1) is 8.56. The van der Waals surface area contributed by atoms with Crippen molar-refractivity contribution in [3.63, 3.8) is 0 Å². The number of rotatable bonds is 1. The molecule has 1 fully saturated rings. The van der Waals surface area contributed by atoms with Gasteiger partial charge in [0.1, 0.15) is 5.82 Å². The highest BCUT2D eigenvalue weighted by Crippen LogP contribution is 2.24. The molecule has 0 radical (unpaired) electrons. The number of anilines is 1. The Balaban J connectivity index is 0.000000184. The van der Waals surface area contributed by atoms with E-state index in [-0.39, 0.29) is 24.7 Å². The first-order valence-electron chi connectivity index (χ1n) is 5.53. The van der Waals surface area contributed by atoms with Gasteiger partial charge in [0, 0.05) is 6.20 Å². The smallest absolute Gasteiger partial charge is 0.346 e. The third-order valence-corrected chi connectivity index (χ3v) is 2.56. The lowest BCUT2D eigenvalue weighted by Gasteiger charge is -2.05. The molecule has 2 rings (SSSR count). The van der Waals surface area contributed by atoms with Gasteiger partial charge >= 0.3 is 5.69 Å². The van der Waals surface area contributed by atoms with Gasteiger partial charge in [0.05, 0.1) is 30.8 Å². The van der Waals surface area contributed by atoms with Crippen LogP contribution in [-0.2, 0) is 4.74 Å². The molecule has 0 bridgehead atoms. The number of ether oxygens (including phenoxy) is 1. The van der Waals surface area contributed by atoms with Crippen molar-refractivity contribution in [2.75, 3.05) is 12.3 Å². The predicted octanol–water partition coefficient (Wildman–Crippen LogP) is -0.352. The molecule has 3 atom stereocenters. The van der Waals surface area contributed by atoms with Crippen LogP contribution in [0.15, 0.2) is 17.1 Å². The second-order valence-corrected chi connectivity index (χ2v) is 3.95. The Hall–Kier alpha value is -1.91. The fraction of sp³-hybridized carbons (Fsp3) is 0.545. The average Bonchev–Trinajstić information content (AvgIpc) is 2.70. The van der Waals surface area contributed by atoms with Crippen molar-refractivity contribution in [1.82, 2.24) is 9.97 Å². The molecule has 1 aliphatic heterocycles. The molecule has 0 aromatic carbocycles. The topological polar surface area (TPSA) is 125 Å². The van der Waals surface area contributed by atoms with Gasteiger partial charge in [-0.3, -0.25) is 4.98 Å². The first-order valence-corrected chi connectivity index (χ1v) is 5.53. The summed E-state index contributed by atoms with van der Waals surface area (Å²) >= 11 is 0. The molecule has 18 heavy (non-hydrogen) atoms. The minimum atomic E-state index is -0.412. The van der Waals surface area contributed by atoms with Crippen LogP contribution < -0.4 is 11.4 Å². The minimum Gasteiger partial charge on any atom is -0.394 e. The average molecular weight is 252 g/mol. The largest absolute Gasteiger partial charge is 0.394 e. The molecule has 4 N–H and O–H groups in total. The third kappa shape index (κ3) is 4.16. The van der Waals surface area contributed by atoms with Gasteiger partial charge in [-0.05, 0) is 19.4 Å². The number of nitrogens with one attached hydrogen (secondary N) is 1. The fourth-order valence-corrected chi connectivity index (χ4v) is 1.59. The quantitative estimate of drug-likeness (QED) is 0.627. The van der Waals surface area contributed by atoms with E-state index in [0.717, 1.165) is 0 Å².